The van der Waals surface area contributed by atoms with Gasteiger partial charge in [0.15, 0.2) is 0 Å². The number of unbranched alkanes of at least 4 members (excludes halogenated alkanes) is 4. The van der Waals surface area contributed by atoms with E-state index in [0.717, 1.165) is 77.3 Å². The maximum Gasteiger partial charge on any atom is 0.323 e. The second-order valence-corrected chi connectivity index (χ2v) is 18.8. The minimum Gasteiger partial charge on any atom is -0.392 e. The summed E-state index contributed by atoms with van der Waals surface area (Å²) < 4.78 is 13.6. The van der Waals surface area contributed by atoms with Gasteiger partial charge in [0.2, 0.25) is 23.7 Å². The van der Waals surface area contributed by atoms with Gasteiger partial charge >= 0.3 is 6.03 Å². The number of rotatable bonds is 19. The highest BCUT2D eigenvalue weighted by molar-refractivity contribution is 7.13. The van der Waals surface area contributed by atoms with Gasteiger partial charge in [-0.1, -0.05) is 82.4 Å². The molecule has 0 radical (unpaired) electrons. The Labute approximate surface area is 400 Å². The molecule has 3 aromatic heterocycles. The van der Waals surface area contributed by atoms with E-state index in [1.165, 1.54) is 11.1 Å². The summed E-state index contributed by atoms with van der Waals surface area (Å²) in [6.07, 6.45) is 6.79. The van der Waals surface area contributed by atoms with Crippen LogP contribution in [0.4, 0.5) is 20.6 Å². The molecule has 68 heavy (non-hydrogen) atoms. The van der Waals surface area contributed by atoms with E-state index in [1.807, 2.05) is 81.7 Å². The number of benzene rings is 2. The monoisotopic (exact) mass is 945 g/mol. The van der Waals surface area contributed by atoms with Crippen LogP contribution in [0.15, 0.2) is 84.6 Å². The van der Waals surface area contributed by atoms with Crippen molar-refractivity contribution in [2.24, 2.45) is 5.41 Å². The van der Waals surface area contributed by atoms with Crippen LogP contribution in [0.25, 0.3) is 10.4 Å². The van der Waals surface area contributed by atoms with E-state index in [0.29, 0.717) is 24.3 Å². The van der Waals surface area contributed by atoms with Crippen molar-refractivity contribution >= 4 is 46.5 Å². The van der Waals surface area contributed by atoms with Crippen LogP contribution in [0.5, 0.6) is 0 Å². The Kier molecular flexibility index (Phi) is 18.3. The van der Waals surface area contributed by atoms with Crippen molar-refractivity contribution in [3.05, 3.63) is 124 Å². The van der Waals surface area contributed by atoms with Gasteiger partial charge in [-0.25, -0.2) is 19.7 Å². The van der Waals surface area contributed by atoms with E-state index in [4.69, 9.17) is 0 Å². The molecule has 0 aliphatic carbocycles. The van der Waals surface area contributed by atoms with Crippen LogP contribution in [0.1, 0.15) is 99.4 Å². The molecule has 7 N–H and O–H groups in total. The molecule has 358 valence electrons. The molecule has 0 unspecified atom stereocenters. The maximum absolute atomic E-state index is 14.0. The fraction of sp³-hybridized carbons (Fsp3) is 0.392. The SMILES string of the molecule is Cc1ncsc1-c1ccc(CNC(=O)[C@@H]2C[C@@H](O)CN2C(=O)[C@@H](NC(=O)CCCCCCCNCc2ccc(C#Cc3cc(NC(=O)Nc4cc(F)ncc4CO)ccn3)cc2)C(C)(C)C)cc1. The number of hydrogen-bond donors (Lipinski definition) is 7. The highest BCUT2D eigenvalue weighted by Crippen LogP contribution is 2.29. The molecule has 0 bridgehead atoms. The van der Waals surface area contributed by atoms with Gasteiger partial charge in [-0.15, -0.1) is 11.3 Å². The Bertz CT molecular complexity index is 2570. The van der Waals surface area contributed by atoms with Gasteiger partial charge in [-0.3, -0.25) is 14.4 Å². The van der Waals surface area contributed by atoms with E-state index in [2.05, 4.69) is 53.4 Å². The third-order valence-corrected chi connectivity index (χ3v) is 12.5. The van der Waals surface area contributed by atoms with Crippen molar-refractivity contribution in [2.75, 3.05) is 23.7 Å². The summed E-state index contributed by atoms with van der Waals surface area (Å²) >= 11 is 1.58. The number of likely N-dealkylation sites (tertiary alicyclic amines) is 1. The summed E-state index contributed by atoms with van der Waals surface area (Å²) in [6, 6.07) is 17.7. The van der Waals surface area contributed by atoms with Gasteiger partial charge in [0, 0.05) is 67.8 Å². The number of nitrogens with one attached hydrogen (secondary N) is 5. The number of carbonyl (C=O) groups is 4. The van der Waals surface area contributed by atoms with Crippen LogP contribution in [-0.4, -0.2) is 85.1 Å². The van der Waals surface area contributed by atoms with Crippen LogP contribution in [0.2, 0.25) is 0 Å². The summed E-state index contributed by atoms with van der Waals surface area (Å²) in [6.45, 7) is 9.05. The first kappa shape index (κ1) is 50.8. The quantitative estimate of drug-likeness (QED) is 0.0261. The summed E-state index contributed by atoms with van der Waals surface area (Å²) in [5, 5.41) is 34.6. The molecule has 5 amide bonds. The molecule has 1 aliphatic rings. The van der Waals surface area contributed by atoms with Crippen LogP contribution in [0, 0.1) is 30.1 Å². The molecule has 1 saturated heterocycles. The number of thiazole rings is 1. The largest absolute Gasteiger partial charge is 0.392 e. The molecule has 6 rings (SSSR count). The first-order chi connectivity index (χ1) is 32.7. The average molecular weight is 946 g/mol. The van der Waals surface area contributed by atoms with E-state index in [9.17, 15) is 33.8 Å². The highest BCUT2D eigenvalue weighted by atomic mass is 32.1. The summed E-state index contributed by atoms with van der Waals surface area (Å²) in [5.41, 5.74) is 7.30. The van der Waals surface area contributed by atoms with Crippen LogP contribution < -0.4 is 26.6 Å². The molecule has 15 nitrogen and oxygen atoms in total. The molecule has 0 saturated carbocycles. The summed E-state index contributed by atoms with van der Waals surface area (Å²) in [7, 11) is 0. The van der Waals surface area contributed by atoms with E-state index in [-0.39, 0.29) is 54.9 Å². The molecule has 17 heteroatoms. The number of nitrogens with zero attached hydrogens (tertiary/aromatic N) is 4. The third-order valence-electron chi connectivity index (χ3n) is 11.5. The van der Waals surface area contributed by atoms with Crippen LogP contribution >= 0.6 is 11.3 Å². The smallest absolute Gasteiger partial charge is 0.323 e. The van der Waals surface area contributed by atoms with E-state index in [1.54, 1.807) is 23.5 Å². The Morgan fingerprint density at radius 1 is 0.897 bits per heavy atom. The number of urea groups is 1. The first-order valence-electron chi connectivity index (χ1n) is 22.8. The van der Waals surface area contributed by atoms with E-state index < -0.39 is 42.2 Å². The topological polar surface area (TPSA) is 211 Å². The summed E-state index contributed by atoms with van der Waals surface area (Å²) in [5.74, 6) is 4.38. The zero-order valence-electron chi connectivity index (χ0n) is 38.9. The lowest BCUT2D eigenvalue weighted by molar-refractivity contribution is -0.144. The number of anilines is 2. The molecular weight excluding hydrogens is 886 g/mol. The molecule has 5 aromatic rings. The van der Waals surface area contributed by atoms with Crippen molar-refractivity contribution in [1.29, 1.82) is 0 Å². The molecule has 0 spiro atoms. The third kappa shape index (κ3) is 15.0. The number of hydrogen-bond acceptors (Lipinski definition) is 11. The Morgan fingerprint density at radius 3 is 2.34 bits per heavy atom. The minimum absolute atomic E-state index is 0.0226. The molecule has 1 fully saturated rings. The Hall–Kier alpha value is -6.58. The van der Waals surface area contributed by atoms with Gasteiger partial charge in [0.1, 0.15) is 17.8 Å². The highest BCUT2D eigenvalue weighted by Gasteiger charge is 2.44. The minimum atomic E-state index is -0.863. The standard InChI is InChI=1S/C51H60FN9O6S/c1-33-46(68-32-57-33)37-18-15-36(16-19-37)28-56-48(65)43-25-41(63)30-61(43)49(66)47(51(2,3)4)60-45(64)10-8-6-5-7-9-22-53-27-35-13-11-34(12-14-35)17-20-39-24-40(21-23-54-39)58-50(67)59-42-26-44(52)55-29-38(42)31-62/h11-16,18-19,21,23-24,26,29,32,41,43,47,53,62-63H,5-10,22,25,27-28,30-31H2,1-4H3,(H,56,65)(H,60,64)(H2,54,55,58,59,67)/t41-,43+,47-/m1/s1. The first-order valence-corrected chi connectivity index (χ1v) is 23.7. The number of aliphatic hydroxyl groups excluding tert-OH is 2. The van der Waals surface area contributed by atoms with Gasteiger partial charge in [-0.05, 0) is 78.6 Å². The van der Waals surface area contributed by atoms with Crippen molar-refractivity contribution in [2.45, 2.75) is 111 Å². The number of amides is 5. The normalized spacial score (nSPS) is 15.0. The molecule has 4 heterocycles. The predicted molar refractivity (Wildman–Crippen MR) is 260 cm³/mol. The zero-order valence-corrected chi connectivity index (χ0v) is 39.7. The molecular formula is C51H60FN9O6S. The van der Waals surface area contributed by atoms with Crippen LogP contribution in [0.3, 0.4) is 0 Å². The van der Waals surface area contributed by atoms with Crippen molar-refractivity contribution in [3.63, 3.8) is 0 Å². The number of halogens is 1. The Balaban J connectivity index is 0.856. The number of β-amino-alcohol motifs (C(OH)–C–C–N with tert-alkyl or cyclic N) is 1. The van der Waals surface area contributed by atoms with Crippen LogP contribution in [-0.2, 0) is 34.1 Å². The lowest BCUT2D eigenvalue weighted by Crippen LogP contribution is -2.57. The average Bonchev–Trinajstić information content (AvgIpc) is 3.93. The van der Waals surface area contributed by atoms with Crippen molar-refractivity contribution in [3.8, 4) is 22.3 Å². The number of aliphatic hydroxyl groups is 2. The fourth-order valence-corrected chi connectivity index (χ4v) is 8.53. The fourth-order valence-electron chi connectivity index (χ4n) is 7.72. The zero-order chi connectivity index (χ0) is 48.6. The van der Waals surface area contributed by atoms with Crippen molar-refractivity contribution in [1.82, 2.24) is 35.8 Å². The number of aromatic nitrogens is 3. The number of carbonyl (C=O) groups excluding carboxylic acids is 4. The van der Waals surface area contributed by atoms with Gasteiger partial charge < -0.3 is 41.7 Å². The summed E-state index contributed by atoms with van der Waals surface area (Å²) in [4.78, 5) is 67.7. The number of aryl methyl sites for hydroxylation is 1. The predicted octanol–water partition coefficient (Wildman–Crippen LogP) is 6.82. The van der Waals surface area contributed by atoms with Crippen molar-refractivity contribution < 1.29 is 33.8 Å². The maximum atomic E-state index is 14.0. The van der Waals surface area contributed by atoms with Gasteiger partial charge in [0.05, 0.1) is 34.5 Å². The lowest BCUT2D eigenvalue weighted by atomic mass is 9.85. The number of pyridine rings is 2. The van der Waals surface area contributed by atoms with Gasteiger partial charge in [-0.2, -0.15) is 4.39 Å². The molecule has 2 aromatic carbocycles. The van der Waals surface area contributed by atoms with Gasteiger partial charge in [0.25, 0.3) is 0 Å². The second-order valence-electron chi connectivity index (χ2n) is 17.9. The Morgan fingerprint density at radius 2 is 1.62 bits per heavy atom. The lowest BCUT2D eigenvalue weighted by Gasteiger charge is -2.35. The molecule has 1 aliphatic heterocycles. The molecule has 3 atom stereocenters. The second kappa shape index (κ2) is 24.4. The van der Waals surface area contributed by atoms with E-state index >= 15 is 0 Å².